The molecule has 1 fully saturated rings. The summed E-state index contributed by atoms with van der Waals surface area (Å²) in [7, 11) is 0. The minimum Gasteiger partial charge on any atom is -0.466 e. The summed E-state index contributed by atoms with van der Waals surface area (Å²) in [5.74, 6) is -0.250. The largest absolute Gasteiger partial charge is 0.466 e. The topological polar surface area (TPSA) is 58.6 Å². The zero-order valence-corrected chi connectivity index (χ0v) is 16.6. The lowest BCUT2D eigenvalue weighted by atomic mass is 9.94. The Morgan fingerprint density at radius 2 is 1.71 bits per heavy atom. The predicted octanol–water partition coefficient (Wildman–Crippen LogP) is 3.95. The number of carbonyl (C=O) groups excluding carboxylic acids is 2. The summed E-state index contributed by atoms with van der Waals surface area (Å²) >= 11 is 0. The number of benzene rings is 2. The van der Waals surface area contributed by atoms with Gasteiger partial charge < -0.3 is 10.1 Å². The molecule has 2 aromatic rings. The molecule has 1 N–H and O–H groups in total. The number of hydrogen-bond acceptors (Lipinski definition) is 4. The maximum absolute atomic E-state index is 13.2. The van der Waals surface area contributed by atoms with Crippen molar-refractivity contribution >= 4 is 17.6 Å². The zero-order chi connectivity index (χ0) is 19.9. The molecule has 2 aromatic carbocycles. The van der Waals surface area contributed by atoms with Gasteiger partial charge in [-0.15, -0.1) is 0 Å². The normalized spacial score (nSPS) is 16.4. The average Bonchev–Trinajstić information content (AvgIpc) is 2.71. The molecule has 1 aliphatic heterocycles. The van der Waals surface area contributed by atoms with Gasteiger partial charge in [0.15, 0.2) is 0 Å². The van der Waals surface area contributed by atoms with E-state index < -0.39 is 0 Å². The molecule has 0 spiro atoms. The number of hydrogen-bond donors (Lipinski definition) is 1. The highest BCUT2D eigenvalue weighted by Gasteiger charge is 2.33. The Balaban J connectivity index is 1.74. The van der Waals surface area contributed by atoms with Crippen LogP contribution in [0.3, 0.4) is 0 Å². The number of piperidine rings is 1. The van der Waals surface area contributed by atoms with Crippen LogP contribution in [0.25, 0.3) is 0 Å². The number of likely N-dealkylation sites (tertiary alicyclic amines) is 1. The molecule has 0 aliphatic carbocycles. The van der Waals surface area contributed by atoms with Crippen molar-refractivity contribution in [3.05, 3.63) is 65.7 Å². The van der Waals surface area contributed by atoms with Crippen LogP contribution in [0.1, 0.15) is 36.9 Å². The molecule has 1 amide bonds. The van der Waals surface area contributed by atoms with Gasteiger partial charge in [0, 0.05) is 18.8 Å². The summed E-state index contributed by atoms with van der Waals surface area (Å²) < 4.78 is 5.16. The molecule has 1 heterocycles. The summed E-state index contributed by atoms with van der Waals surface area (Å²) in [4.78, 5) is 27.4. The molecule has 28 heavy (non-hydrogen) atoms. The van der Waals surface area contributed by atoms with Crippen molar-refractivity contribution in [3.8, 4) is 0 Å². The van der Waals surface area contributed by atoms with Gasteiger partial charge in [-0.2, -0.15) is 0 Å². The van der Waals surface area contributed by atoms with Crippen molar-refractivity contribution in [3.63, 3.8) is 0 Å². The number of ether oxygens (including phenoxy) is 1. The first-order valence-corrected chi connectivity index (χ1v) is 9.91. The van der Waals surface area contributed by atoms with E-state index in [0.29, 0.717) is 32.5 Å². The van der Waals surface area contributed by atoms with Gasteiger partial charge in [-0.1, -0.05) is 48.0 Å². The van der Waals surface area contributed by atoms with E-state index >= 15 is 0 Å². The molecule has 0 saturated carbocycles. The van der Waals surface area contributed by atoms with E-state index in [2.05, 4.69) is 10.2 Å². The number of anilines is 1. The summed E-state index contributed by atoms with van der Waals surface area (Å²) in [6.07, 6.45) is 1.42. The summed E-state index contributed by atoms with van der Waals surface area (Å²) in [6, 6.07) is 17.2. The molecular weight excluding hydrogens is 352 g/mol. The minimum absolute atomic E-state index is 0.0513. The summed E-state index contributed by atoms with van der Waals surface area (Å²) in [6.45, 7) is 5.62. The molecule has 1 aliphatic rings. The maximum atomic E-state index is 13.2. The number of rotatable bonds is 6. The highest BCUT2D eigenvalue weighted by atomic mass is 16.5. The Hall–Kier alpha value is -2.66. The third kappa shape index (κ3) is 4.98. The van der Waals surface area contributed by atoms with E-state index in [4.69, 9.17) is 4.74 Å². The number of carbonyl (C=O) groups is 2. The fraction of sp³-hybridized carbons (Fsp3) is 0.391. The van der Waals surface area contributed by atoms with Gasteiger partial charge in [0.2, 0.25) is 5.91 Å². The minimum atomic E-state index is -0.384. The van der Waals surface area contributed by atoms with Crippen LogP contribution in [0.15, 0.2) is 54.6 Å². The highest BCUT2D eigenvalue weighted by Crippen LogP contribution is 2.29. The van der Waals surface area contributed by atoms with E-state index in [1.165, 1.54) is 0 Å². The molecule has 3 rings (SSSR count). The van der Waals surface area contributed by atoms with Crippen molar-refractivity contribution in [1.82, 2.24) is 4.90 Å². The van der Waals surface area contributed by atoms with E-state index in [9.17, 15) is 9.59 Å². The van der Waals surface area contributed by atoms with Gasteiger partial charge in [-0.25, -0.2) is 0 Å². The predicted molar refractivity (Wildman–Crippen MR) is 110 cm³/mol. The van der Waals surface area contributed by atoms with Gasteiger partial charge in [0.05, 0.1) is 12.5 Å². The van der Waals surface area contributed by atoms with E-state index in [1.54, 1.807) is 0 Å². The Bertz CT molecular complexity index is 781. The first-order valence-electron chi connectivity index (χ1n) is 9.91. The van der Waals surface area contributed by atoms with Gasteiger partial charge >= 0.3 is 5.97 Å². The lowest BCUT2D eigenvalue weighted by Crippen LogP contribution is -2.43. The van der Waals surface area contributed by atoms with Crippen LogP contribution in [0.4, 0.5) is 5.69 Å². The number of esters is 1. The molecule has 0 aromatic heterocycles. The molecule has 5 nitrogen and oxygen atoms in total. The Kier molecular flexibility index (Phi) is 6.82. The fourth-order valence-electron chi connectivity index (χ4n) is 3.66. The lowest BCUT2D eigenvalue weighted by Gasteiger charge is -2.36. The van der Waals surface area contributed by atoms with Gasteiger partial charge in [-0.05, 0) is 44.4 Å². The molecule has 1 atom stereocenters. The second-order valence-corrected chi connectivity index (χ2v) is 7.23. The number of amides is 1. The maximum Gasteiger partial charge on any atom is 0.309 e. The van der Waals surface area contributed by atoms with E-state index in [-0.39, 0.29) is 23.8 Å². The molecule has 0 bridgehead atoms. The van der Waals surface area contributed by atoms with Crippen LogP contribution in [0.5, 0.6) is 0 Å². The molecule has 0 radical (unpaired) electrons. The standard InChI is InChI=1S/C23H28N2O3/c1-3-28-23(27)19-13-15-25(16-14-19)21(18-7-5-4-6-8-18)22(26)24-20-11-9-17(2)10-12-20/h4-12,19,21H,3,13-16H2,1-2H3,(H,24,26). The highest BCUT2D eigenvalue weighted by molar-refractivity contribution is 5.95. The lowest BCUT2D eigenvalue weighted by molar-refractivity contribution is -0.149. The molecule has 148 valence electrons. The second kappa shape index (κ2) is 9.51. The smallest absolute Gasteiger partial charge is 0.309 e. The van der Waals surface area contributed by atoms with Gasteiger partial charge in [0.1, 0.15) is 6.04 Å². The van der Waals surface area contributed by atoms with Crippen LogP contribution in [0.2, 0.25) is 0 Å². The van der Waals surface area contributed by atoms with Crippen molar-refractivity contribution in [2.24, 2.45) is 5.92 Å². The quantitative estimate of drug-likeness (QED) is 0.771. The monoisotopic (exact) mass is 380 g/mol. The van der Waals surface area contributed by atoms with Crippen molar-refractivity contribution < 1.29 is 14.3 Å². The summed E-state index contributed by atoms with van der Waals surface area (Å²) in [5, 5.41) is 3.05. The summed E-state index contributed by atoms with van der Waals surface area (Å²) in [5.41, 5.74) is 2.90. The van der Waals surface area contributed by atoms with Crippen molar-refractivity contribution in [1.29, 1.82) is 0 Å². The Labute approximate surface area is 166 Å². The molecular formula is C23H28N2O3. The molecule has 5 heteroatoms. The first-order chi connectivity index (χ1) is 13.6. The SMILES string of the molecule is CCOC(=O)C1CCN(C(C(=O)Nc2ccc(C)cc2)c2ccccc2)CC1. The van der Waals surface area contributed by atoms with Crippen molar-refractivity contribution in [2.75, 3.05) is 25.0 Å². The van der Waals surface area contributed by atoms with Gasteiger partial charge in [0.25, 0.3) is 0 Å². The molecule has 1 unspecified atom stereocenters. The Morgan fingerprint density at radius 3 is 2.32 bits per heavy atom. The van der Waals surface area contributed by atoms with Crippen molar-refractivity contribution in [2.45, 2.75) is 32.7 Å². The average molecular weight is 380 g/mol. The molecule has 1 saturated heterocycles. The van der Waals surface area contributed by atoms with E-state index in [0.717, 1.165) is 16.8 Å². The van der Waals surface area contributed by atoms with Gasteiger partial charge in [-0.3, -0.25) is 14.5 Å². The zero-order valence-electron chi connectivity index (χ0n) is 16.6. The fourth-order valence-corrected chi connectivity index (χ4v) is 3.66. The second-order valence-electron chi connectivity index (χ2n) is 7.23. The van der Waals surface area contributed by atoms with Crippen LogP contribution in [0, 0.1) is 12.8 Å². The van der Waals surface area contributed by atoms with Crippen LogP contribution < -0.4 is 5.32 Å². The number of nitrogens with zero attached hydrogens (tertiary/aromatic N) is 1. The number of aryl methyl sites for hydroxylation is 1. The van der Waals surface area contributed by atoms with Crippen LogP contribution in [-0.2, 0) is 14.3 Å². The third-order valence-corrected chi connectivity index (χ3v) is 5.20. The first kappa shape index (κ1) is 20.1. The third-order valence-electron chi connectivity index (χ3n) is 5.20. The van der Waals surface area contributed by atoms with Crippen LogP contribution in [-0.4, -0.2) is 36.5 Å². The van der Waals surface area contributed by atoms with Crippen LogP contribution >= 0.6 is 0 Å². The Morgan fingerprint density at radius 1 is 1.07 bits per heavy atom. The number of nitrogens with one attached hydrogen (secondary N) is 1. The van der Waals surface area contributed by atoms with E-state index in [1.807, 2.05) is 68.4 Å².